The third-order valence-corrected chi connectivity index (χ3v) is 8.78. The van der Waals surface area contributed by atoms with Gasteiger partial charge >= 0.3 is 0 Å². The highest BCUT2D eigenvalue weighted by Crippen LogP contribution is 2.52. The largest absolute Gasteiger partial charge is 0.308 e. The zero-order chi connectivity index (χ0) is 27.9. The van der Waals surface area contributed by atoms with E-state index in [1.165, 1.54) is 26.6 Å². The van der Waals surface area contributed by atoms with Crippen molar-refractivity contribution in [3.05, 3.63) is 152 Å². The molecule has 2 heterocycles. The van der Waals surface area contributed by atoms with Gasteiger partial charge in [-0.3, -0.25) is 0 Å². The third-order valence-electron chi connectivity index (χ3n) is 7.67. The molecule has 0 N–H and O–H groups in total. The van der Waals surface area contributed by atoms with E-state index in [0.717, 1.165) is 44.9 Å². The molecule has 42 heavy (non-hydrogen) atoms. The van der Waals surface area contributed by atoms with E-state index in [0.29, 0.717) is 0 Å². The van der Waals surface area contributed by atoms with Crippen LogP contribution in [0.1, 0.15) is 0 Å². The van der Waals surface area contributed by atoms with E-state index >= 15 is 0 Å². The molecular formula is C38H25N3S. The second kappa shape index (κ2) is 10.3. The molecule has 0 radical (unpaired) electrons. The minimum absolute atomic E-state index is 0.726. The van der Waals surface area contributed by atoms with Crippen LogP contribution in [0.5, 0.6) is 0 Å². The maximum atomic E-state index is 5.18. The zero-order valence-corrected chi connectivity index (χ0v) is 23.5. The van der Waals surface area contributed by atoms with Crippen LogP contribution >= 0.6 is 11.8 Å². The van der Waals surface area contributed by atoms with Crippen molar-refractivity contribution < 1.29 is 0 Å². The predicted molar refractivity (Wildman–Crippen MR) is 175 cm³/mol. The SMILES string of the molecule is c1ccc(-c2ccc(-c3nc(-c4ccc5c(c4)Sc4ccccc4N5c4ccccc4)nc4ccccc34)cc2)cc1. The maximum Gasteiger partial charge on any atom is 0.160 e. The Morgan fingerprint density at radius 2 is 1.07 bits per heavy atom. The minimum atomic E-state index is 0.726. The number of rotatable bonds is 4. The number of aromatic nitrogens is 2. The van der Waals surface area contributed by atoms with Crippen molar-refractivity contribution in [2.24, 2.45) is 0 Å². The molecule has 6 aromatic carbocycles. The molecule has 0 saturated carbocycles. The van der Waals surface area contributed by atoms with Crippen molar-refractivity contribution in [1.82, 2.24) is 9.97 Å². The lowest BCUT2D eigenvalue weighted by atomic mass is 10.0. The van der Waals surface area contributed by atoms with Crippen molar-refractivity contribution in [2.75, 3.05) is 4.90 Å². The second-order valence-electron chi connectivity index (χ2n) is 10.3. The van der Waals surface area contributed by atoms with Gasteiger partial charge in [0, 0.05) is 32.0 Å². The zero-order valence-electron chi connectivity index (χ0n) is 22.7. The van der Waals surface area contributed by atoms with Crippen LogP contribution in [0.3, 0.4) is 0 Å². The molecular weight excluding hydrogens is 531 g/mol. The number of hydrogen-bond donors (Lipinski definition) is 0. The van der Waals surface area contributed by atoms with Crippen LogP contribution in [-0.2, 0) is 0 Å². The minimum Gasteiger partial charge on any atom is -0.308 e. The number of para-hydroxylation sites is 3. The highest BCUT2D eigenvalue weighted by molar-refractivity contribution is 7.99. The van der Waals surface area contributed by atoms with Gasteiger partial charge in [0.1, 0.15) is 0 Å². The Kier molecular flexibility index (Phi) is 6.05. The Balaban J connectivity index is 1.24. The lowest BCUT2D eigenvalue weighted by Crippen LogP contribution is -2.14. The van der Waals surface area contributed by atoms with E-state index in [2.05, 4.69) is 144 Å². The van der Waals surface area contributed by atoms with E-state index in [1.54, 1.807) is 11.8 Å². The molecule has 0 aliphatic carbocycles. The van der Waals surface area contributed by atoms with Crippen molar-refractivity contribution >= 4 is 39.7 Å². The highest BCUT2D eigenvalue weighted by atomic mass is 32.2. The fourth-order valence-electron chi connectivity index (χ4n) is 5.63. The summed E-state index contributed by atoms with van der Waals surface area (Å²) in [5.41, 5.74) is 9.84. The lowest BCUT2D eigenvalue weighted by Gasteiger charge is -2.33. The van der Waals surface area contributed by atoms with Crippen LogP contribution in [-0.4, -0.2) is 9.97 Å². The van der Waals surface area contributed by atoms with Gasteiger partial charge in [0.15, 0.2) is 5.82 Å². The van der Waals surface area contributed by atoms with Gasteiger partial charge in [-0.25, -0.2) is 9.97 Å². The number of anilines is 3. The number of fused-ring (bicyclic) bond motifs is 3. The van der Waals surface area contributed by atoms with E-state index in [1.807, 2.05) is 12.1 Å². The Morgan fingerprint density at radius 1 is 0.452 bits per heavy atom. The fraction of sp³-hybridized carbons (Fsp3) is 0. The molecule has 1 aliphatic rings. The van der Waals surface area contributed by atoms with Gasteiger partial charge in [0.25, 0.3) is 0 Å². The molecule has 0 atom stereocenters. The van der Waals surface area contributed by atoms with E-state index in [-0.39, 0.29) is 0 Å². The number of nitrogens with zero attached hydrogens (tertiary/aromatic N) is 3. The molecule has 0 saturated heterocycles. The Morgan fingerprint density at radius 3 is 1.90 bits per heavy atom. The first kappa shape index (κ1) is 24.6. The van der Waals surface area contributed by atoms with Gasteiger partial charge < -0.3 is 4.90 Å². The number of benzene rings is 6. The van der Waals surface area contributed by atoms with E-state index in [9.17, 15) is 0 Å². The van der Waals surface area contributed by atoms with Crippen molar-refractivity contribution in [2.45, 2.75) is 9.79 Å². The molecule has 0 spiro atoms. The molecule has 7 aromatic rings. The van der Waals surface area contributed by atoms with Crippen LogP contribution in [0.2, 0.25) is 0 Å². The van der Waals surface area contributed by atoms with Crippen molar-refractivity contribution in [1.29, 1.82) is 0 Å². The smallest absolute Gasteiger partial charge is 0.160 e. The summed E-state index contributed by atoms with van der Waals surface area (Å²) in [5.74, 6) is 0.726. The van der Waals surface area contributed by atoms with Crippen LogP contribution in [0, 0.1) is 0 Å². The number of hydrogen-bond acceptors (Lipinski definition) is 4. The van der Waals surface area contributed by atoms with Crippen LogP contribution < -0.4 is 4.90 Å². The summed E-state index contributed by atoms with van der Waals surface area (Å²) in [5, 5.41) is 1.05. The first-order valence-corrected chi connectivity index (χ1v) is 14.8. The van der Waals surface area contributed by atoms with E-state index in [4.69, 9.17) is 9.97 Å². The summed E-state index contributed by atoms with van der Waals surface area (Å²) in [7, 11) is 0. The van der Waals surface area contributed by atoms with Crippen LogP contribution in [0.15, 0.2) is 161 Å². The Labute approximate surface area is 249 Å². The lowest BCUT2D eigenvalue weighted by molar-refractivity contribution is 1.16. The summed E-state index contributed by atoms with van der Waals surface area (Å²) in [6.07, 6.45) is 0. The molecule has 0 bridgehead atoms. The highest BCUT2D eigenvalue weighted by Gasteiger charge is 2.25. The van der Waals surface area contributed by atoms with E-state index < -0.39 is 0 Å². The molecule has 1 aliphatic heterocycles. The summed E-state index contributed by atoms with van der Waals surface area (Å²) < 4.78 is 0. The van der Waals surface area contributed by atoms with Crippen molar-refractivity contribution in [3.63, 3.8) is 0 Å². The molecule has 0 amide bonds. The Bertz CT molecular complexity index is 2060. The Hall–Kier alpha value is -5.19. The standard InChI is InChI=1S/C38H25N3S/c1-3-11-26(12-4-1)27-19-21-28(22-20-27)37-31-15-7-8-16-32(31)39-38(40-37)29-23-24-34-36(25-29)42-35-18-10-9-17-33(35)41(34)30-13-5-2-6-14-30/h1-25H. The van der Waals surface area contributed by atoms with Gasteiger partial charge in [-0.15, -0.1) is 0 Å². The van der Waals surface area contributed by atoms with Gasteiger partial charge in [-0.2, -0.15) is 0 Å². The molecule has 1 aromatic heterocycles. The van der Waals surface area contributed by atoms with Crippen molar-refractivity contribution in [3.8, 4) is 33.8 Å². The quantitative estimate of drug-likeness (QED) is 0.216. The molecule has 3 nitrogen and oxygen atoms in total. The first-order valence-electron chi connectivity index (χ1n) is 14.0. The van der Waals surface area contributed by atoms with Gasteiger partial charge in [-0.05, 0) is 59.7 Å². The fourth-order valence-corrected chi connectivity index (χ4v) is 6.73. The topological polar surface area (TPSA) is 29.0 Å². The first-order chi connectivity index (χ1) is 20.8. The third kappa shape index (κ3) is 4.33. The predicted octanol–water partition coefficient (Wildman–Crippen LogP) is 10.6. The van der Waals surface area contributed by atoms with Gasteiger partial charge in [0.05, 0.1) is 22.6 Å². The second-order valence-corrected chi connectivity index (χ2v) is 11.4. The van der Waals surface area contributed by atoms with Gasteiger partial charge in [-0.1, -0.05) is 115 Å². The molecule has 8 rings (SSSR count). The molecule has 0 fully saturated rings. The summed E-state index contributed by atoms with van der Waals surface area (Å²) in [6.45, 7) is 0. The maximum absolute atomic E-state index is 5.18. The summed E-state index contributed by atoms with van der Waals surface area (Å²) in [6, 6.07) is 53.1. The normalized spacial score (nSPS) is 12.1. The summed E-state index contributed by atoms with van der Waals surface area (Å²) >= 11 is 1.80. The van der Waals surface area contributed by atoms with Gasteiger partial charge in [0.2, 0.25) is 0 Å². The molecule has 0 unspecified atom stereocenters. The molecule has 4 heteroatoms. The van der Waals surface area contributed by atoms with Crippen LogP contribution in [0.25, 0.3) is 44.7 Å². The monoisotopic (exact) mass is 555 g/mol. The average Bonchev–Trinajstić information content (AvgIpc) is 3.07. The van der Waals surface area contributed by atoms with Crippen LogP contribution in [0.4, 0.5) is 17.1 Å². The summed E-state index contributed by atoms with van der Waals surface area (Å²) in [4.78, 5) is 15.0. The molecule has 198 valence electrons. The average molecular weight is 556 g/mol.